The third-order valence-corrected chi connectivity index (χ3v) is 7.64. The van der Waals surface area contributed by atoms with E-state index in [1.54, 1.807) is 13.8 Å². The second-order valence-electron chi connectivity index (χ2n) is 8.88. The van der Waals surface area contributed by atoms with Crippen molar-refractivity contribution in [1.29, 1.82) is 0 Å². The van der Waals surface area contributed by atoms with Crippen LogP contribution in [0.25, 0.3) is 0 Å². The standard InChI is InChI=1S/C6H9N3S.C5H6ClN3S.C5H9N5.C5H7N3OS.C3H4O3.C2H7N3S.H4N2/c1-4-5(2)8-9-6(7-4)10-3;1-3-4(6)7-5(10-2)9-8-3;1-3-4(2)9-10-5(7-3)8-6;1-3-4(9)6-5(10-2)8-7-3;1-2(4)3(5)6;1-6-2(3)5-4;1-2/h1-3H3;1-2H3;6H2,1-2H3,(H,7,8,10);1-2H3,(H,6,8,9);1H3,(H,5,6);4H2,1H3,(H2,3,5);1-2H2. The first kappa shape index (κ1) is 54.0. The quantitative estimate of drug-likeness (QED) is 0.0343. The summed E-state index contributed by atoms with van der Waals surface area (Å²) in [5.74, 6) is 15.9. The number of carboxylic acid groups (broad SMARTS) is 1. The first-order valence-corrected chi connectivity index (χ1v) is 19.6. The number of nitrogen functional groups attached to an aromatic ring is 1. The number of anilines is 1. The Bertz CT molecular complexity index is 1660. The summed E-state index contributed by atoms with van der Waals surface area (Å²) in [6, 6.07) is 0. The molecule has 0 bridgehead atoms. The predicted octanol–water partition coefficient (Wildman–Crippen LogP) is 0.752. The molecule has 0 aliphatic carbocycles. The number of hydrazone groups is 1. The number of thioether (sulfide) groups is 4. The molecule has 0 amide bonds. The molecular weight excluding hydrogens is 806 g/mol. The summed E-state index contributed by atoms with van der Waals surface area (Å²) in [6.45, 7) is 11.9. The monoisotopic (exact) mass is 851 g/mol. The number of rotatable bonds is 5. The van der Waals surface area contributed by atoms with Crippen LogP contribution in [0.3, 0.4) is 0 Å². The van der Waals surface area contributed by atoms with E-state index < -0.39 is 11.8 Å². The van der Waals surface area contributed by atoms with Crippen LogP contribution < -0.4 is 40.1 Å². The zero-order chi connectivity index (χ0) is 42.4. The van der Waals surface area contributed by atoms with Gasteiger partial charge in [0.1, 0.15) is 5.69 Å². The molecule has 0 radical (unpaired) electrons. The van der Waals surface area contributed by atoms with E-state index in [2.05, 4.69) is 82.9 Å². The summed E-state index contributed by atoms with van der Waals surface area (Å²) in [7, 11) is 0. The summed E-state index contributed by atoms with van der Waals surface area (Å²) in [5.41, 5.74) is 11.8. The van der Waals surface area contributed by atoms with E-state index in [0.29, 0.717) is 38.0 Å². The summed E-state index contributed by atoms with van der Waals surface area (Å²) in [6.07, 6.45) is 7.45. The van der Waals surface area contributed by atoms with Gasteiger partial charge in [-0.15, -0.1) is 30.6 Å². The van der Waals surface area contributed by atoms with Gasteiger partial charge in [0.2, 0.25) is 16.1 Å². The van der Waals surface area contributed by atoms with Crippen LogP contribution in [0.1, 0.15) is 41.1 Å². The number of aliphatic carboxylic acids is 1. The average Bonchev–Trinajstić information content (AvgIpc) is 3.17. The number of hydrogen-bond donors (Lipinski definition) is 8. The minimum atomic E-state index is -1.38. The lowest BCUT2D eigenvalue weighted by Gasteiger charge is -1.98. The largest absolute Gasteiger partial charge is 0.476 e. The van der Waals surface area contributed by atoms with E-state index in [1.807, 2.05) is 52.7 Å². The lowest BCUT2D eigenvalue weighted by atomic mass is 10.4. The number of nitrogens with two attached hydrogens (primary N) is 5. The lowest BCUT2D eigenvalue weighted by molar-refractivity contribution is -0.148. The Labute approximate surface area is 333 Å². The zero-order valence-corrected chi connectivity index (χ0v) is 35.5. The van der Waals surface area contributed by atoms with E-state index in [-0.39, 0.29) is 5.56 Å². The average molecular weight is 853 g/mol. The second-order valence-corrected chi connectivity index (χ2v) is 12.4. The predicted molar refractivity (Wildman–Crippen MR) is 215 cm³/mol. The van der Waals surface area contributed by atoms with Crippen LogP contribution in [0.4, 0.5) is 5.95 Å². The number of halogens is 1. The van der Waals surface area contributed by atoms with Crippen LogP contribution in [0.5, 0.6) is 0 Å². The van der Waals surface area contributed by atoms with E-state index >= 15 is 0 Å². The van der Waals surface area contributed by atoms with Crippen LogP contribution >= 0.6 is 58.6 Å². The number of ketones is 1. The number of aryl methyl sites for hydroxylation is 6. The number of aromatic amines is 1. The number of nitrogens with one attached hydrogen (secondary N) is 2. The lowest BCUT2D eigenvalue weighted by Crippen LogP contribution is -2.13. The first-order chi connectivity index (χ1) is 25.4. The molecule has 23 nitrogen and oxygen atoms in total. The zero-order valence-electron chi connectivity index (χ0n) is 31.4. The van der Waals surface area contributed by atoms with E-state index in [1.165, 1.54) is 47.0 Å². The van der Waals surface area contributed by atoms with E-state index in [4.69, 9.17) is 34.1 Å². The van der Waals surface area contributed by atoms with Gasteiger partial charge in [-0.05, 0) is 66.6 Å². The Balaban J connectivity index is -0.000000580. The molecule has 300 valence electrons. The van der Waals surface area contributed by atoms with Crippen molar-refractivity contribution in [1.82, 2.24) is 60.7 Å². The van der Waals surface area contributed by atoms with E-state index in [0.717, 1.165) is 34.9 Å². The van der Waals surface area contributed by atoms with Crippen LogP contribution in [0, 0.1) is 41.5 Å². The summed E-state index contributed by atoms with van der Waals surface area (Å²) in [5, 5.41) is 43.7. The van der Waals surface area contributed by atoms with Gasteiger partial charge in [-0.1, -0.05) is 58.6 Å². The first-order valence-electron chi connectivity index (χ1n) is 14.3. The SMILES string of the molecule is CC(=O)C(=O)O.CS/C(N)=N\N.CSc1nnc(C)c(=O)[nH]1.CSc1nnc(C)c(C)n1.CSc1nnc(C)c(Cl)n1.Cc1nnc(NN)nc1C.NN. The van der Waals surface area contributed by atoms with Crippen molar-refractivity contribution in [3.05, 3.63) is 49.7 Å². The molecule has 0 saturated heterocycles. The number of carbonyl (C=O) groups excluding carboxylic acids is 1. The van der Waals surface area contributed by atoms with Crippen LogP contribution in [0.2, 0.25) is 5.15 Å². The van der Waals surface area contributed by atoms with Crippen LogP contribution in [-0.4, -0.2) is 108 Å². The van der Waals surface area contributed by atoms with Gasteiger partial charge in [0.05, 0.1) is 28.5 Å². The number of amidine groups is 1. The van der Waals surface area contributed by atoms with Gasteiger partial charge in [0.15, 0.2) is 15.5 Å². The van der Waals surface area contributed by atoms with Gasteiger partial charge < -0.3 is 16.7 Å². The Kier molecular flexibility index (Phi) is 32.1. The Morgan fingerprint density at radius 2 is 1.17 bits per heavy atom. The van der Waals surface area contributed by atoms with Crippen molar-refractivity contribution in [3.8, 4) is 0 Å². The molecule has 0 saturated carbocycles. The smallest absolute Gasteiger partial charge is 0.371 e. The number of carboxylic acids is 1. The summed E-state index contributed by atoms with van der Waals surface area (Å²) >= 11 is 11.3. The maximum atomic E-state index is 10.8. The number of H-pyrrole nitrogens is 1. The molecule has 0 unspecified atom stereocenters. The molecule has 0 aromatic carbocycles. The fraction of sp³-hybridized carbons (Fsp3) is 0.423. The fourth-order valence-electron chi connectivity index (χ4n) is 2.00. The number of hydrazine groups is 2. The van der Waals surface area contributed by atoms with Gasteiger partial charge in [-0.25, -0.2) is 25.6 Å². The van der Waals surface area contributed by atoms with Gasteiger partial charge in [-0.3, -0.25) is 31.7 Å². The van der Waals surface area contributed by atoms with Crippen molar-refractivity contribution in [2.45, 2.75) is 63.9 Å². The maximum absolute atomic E-state index is 10.8. The molecule has 13 N–H and O–H groups in total. The molecule has 4 aromatic heterocycles. The van der Waals surface area contributed by atoms with Crippen molar-refractivity contribution in [3.63, 3.8) is 0 Å². The minimum absolute atomic E-state index is 0.167. The minimum Gasteiger partial charge on any atom is -0.476 e. The van der Waals surface area contributed by atoms with Gasteiger partial charge in [-0.2, -0.15) is 15.3 Å². The Morgan fingerprint density at radius 1 is 0.722 bits per heavy atom. The van der Waals surface area contributed by atoms with Crippen molar-refractivity contribution in [2.24, 2.45) is 34.2 Å². The number of aromatic nitrogens is 12. The molecule has 0 aliphatic rings. The molecule has 4 rings (SSSR count). The third kappa shape index (κ3) is 25.6. The molecule has 0 aliphatic heterocycles. The third-order valence-electron chi connectivity index (χ3n) is 5.11. The number of Topliss-reactive ketones (excluding diaryl/α,β-unsaturated/α-hetero) is 1. The Hall–Kier alpha value is -4.38. The topological polar surface area (TPSA) is 384 Å². The fourth-order valence-corrected chi connectivity index (χ4v) is 3.24. The number of nitrogens with zero attached hydrogens (tertiary/aromatic N) is 12. The van der Waals surface area contributed by atoms with Crippen LogP contribution in [0.15, 0.2) is 25.4 Å². The molecule has 0 atom stereocenters. The summed E-state index contributed by atoms with van der Waals surface area (Å²) < 4.78 is 0. The maximum Gasteiger partial charge on any atom is 0.371 e. The van der Waals surface area contributed by atoms with Crippen LogP contribution in [-0.2, 0) is 9.59 Å². The van der Waals surface area contributed by atoms with Gasteiger partial charge in [0.25, 0.3) is 11.5 Å². The van der Waals surface area contributed by atoms with Gasteiger partial charge >= 0.3 is 5.97 Å². The molecule has 0 fully saturated rings. The molecule has 54 heavy (non-hydrogen) atoms. The molecule has 0 spiro atoms. The molecule has 28 heteroatoms. The highest BCUT2D eigenvalue weighted by atomic mass is 35.5. The highest BCUT2D eigenvalue weighted by Gasteiger charge is 2.01. The van der Waals surface area contributed by atoms with Crippen molar-refractivity contribution >= 4 is 81.5 Å². The molecule has 4 aromatic rings. The molecule has 4 heterocycles. The Morgan fingerprint density at radius 3 is 1.50 bits per heavy atom. The highest BCUT2D eigenvalue weighted by molar-refractivity contribution is 8.13. The number of carbonyl (C=O) groups is 2. The second kappa shape index (κ2) is 32.1. The molecular formula is C26H46ClN19O4S4. The van der Waals surface area contributed by atoms with Crippen molar-refractivity contribution < 1.29 is 14.7 Å². The highest BCUT2D eigenvalue weighted by Crippen LogP contribution is 2.12. The van der Waals surface area contributed by atoms with Crippen molar-refractivity contribution in [2.75, 3.05) is 30.4 Å². The summed E-state index contributed by atoms with van der Waals surface area (Å²) in [4.78, 5) is 44.4. The normalized spacial score (nSPS) is 9.50. The number of hydrogen-bond acceptors (Lipinski definition) is 24. The van der Waals surface area contributed by atoms with Gasteiger partial charge in [0, 0.05) is 6.92 Å². The van der Waals surface area contributed by atoms with E-state index in [9.17, 15) is 14.4 Å².